The molecule has 0 fully saturated rings. The number of ether oxygens (including phenoxy) is 1. The molecule has 0 aliphatic rings. The number of amides is 4. The van der Waals surface area contributed by atoms with Crippen LogP contribution in [0.2, 0.25) is 0 Å². The van der Waals surface area contributed by atoms with E-state index in [1.165, 1.54) is 141 Å². The highest BCUT2D eigenvalue weighted by Crippen LogP contribution is 2.15. The van der Waals surface area contributed by atoms with Gasteiger partial charge in [0.1, 0.15) is 0 Å². The number of hydrogen-bond acceptors (Lipinski definition) is 6. The van der Waals surface area contributed by atoms with Gasteiger partial charge in [-0.3, -0.25) is 19.2 Å². The van der Waals surface area contributed by atoms with Crippen LogP contribution in [-0.4, -0.2) is 74.7 Å². The third kappa shape index (κ3) is 44.2. The van der Waals surface area contributed by atoms with E-state index >= 15 is 0 Å². The summed E-state index contributed by atoms with van der Waals surface area (Å²) in [7, 11) is 1.63. The maximum Gasteiger partial charge on any atom is 0.222 e. The summed E-state index contributed by atoms with van der Waals surface area (Å²) in [5.74, 6) is 0.0771. The van der Waals surface area contributed by atoms with E-state index in [2.05, 4.69) is 35.1 Å². The Balaban J connectivity index is 4.33. The Morgan fingerprint density at radius 3 is 1.20 bits per heavy atom. The zero-order chi connectivity index (χ0) is 44.7. The van der Waals surface area contributed by atoms with Gasteiger partial charge in [-0.2, -0.15) is 0 Å². The predicted octanol–water partition coefficient (Wildman–Crippen LogP) is 11.5. The molecular weight excluding hydrogens is 765 g/mol. The summed E-state index contributed by atoms with van der Waals surface area (Å²) >= 11 is 0. The summed E-state index contributed by atoms with van der Waals surface area (Å²) < 4.78 is 5.15. The molecule has 5 N–H and O–H groups in total. The first-order valence-electron chi connectivity index (χ1n) is 26.0. The quantitative estimate of drug-likeness (QED) is 0.0385. The number of aliphatic hydroxyl groups excluding tert-OH is 1. The van der Waals surface area contributed by atoms with E-state index in [1.807, 2.05) is 0 Å². The molecule has 0 aliphatic heterocycles. The monoisotopic (exact) mass is 865 g/mol. The van der Waals surface area contributed by atoms with Gasteiger partial charge in [-0.15, -0.1) is 0 Å². The second-order valence-corrected chi connectivity index (χ2v) is 18.1. The van der Waals surface area contributed by atoms with E-state index < -0.39 is 0 Å². The molecule has 0 aromatic carbocycles. The fourth-order valence-electron chi connectivity index (χ4n) is 8.07. The summed E-state index contributed by atoms with van der Waals surface area (Å²) in [6, 6.07) is -0.292. The molecule has 0 aromatic heterocycles. The van der Waals surface area contributed by atoms with Gasteiger partial charge in [-0.05, 0) is 51.4 Å². The lowest BCUT2D eigenvalue weighted by Gasteiger charge is -2.19. The molecular formula is C51H100N4O6. The van der Waals surface area contributed by atoms with Gasteiger partial charge >= 0.3 is 0 Å². The predicted molar refractivity (Wildman–Crippen MR) is 256 cm³/mol. The largest absolute Gasteiger partial charge is 0.396 e. The first kappa shape index (κ1) is 58.8. The molecule has 10 nitrogen and oxygen atoms in total. The first-order chi connectivity index (χ1) is 29.9. The van der Waals surface area contributed by atoms with Crippen molar-refractivity contribution in [2.75, 3.05) is 40.0 Å². The lowest BCUT2D eigenvalue weighted by atomic mass is 10.0. The number of carbonyl (C=O) groups excluding carboxylic acids is 4. The van der Waals surface area contributed by atoms with Crippen LogP contribution in [0.5, 0.6) is 0 Å². The van der Waals surface area contributed by atoms with Crippen LogP contribution in [0, 0.1) is 5.92 Å². The zero-order valence-corrected chi connectivity index (χ0v) is 40.3. The SMILES string of the molecule is CCCCCCCCCCCCCCCC(=O)NCCCC[C@@H](CC(=O)NCCCCC(CO)COC)NC(=O)CCCNC(=O)CCCCCCCCCCCCCCC. The molecule has 0 rings (SSSR count). The van der Waals surface area contributed by atoms with Gasteiger partial charge in [0.2, 0.25) is 23.6 Å². The number of rotatable bonds is 48. The fraction of sp³-hybridized carbons (Fsp3) is 0.922. The molecule has 360 valence electrons. The first-order valence-corrected chi connectivity index (χ1v) is 26.0. The number of unbranched alkanes of at least 4 members (excludes halogenated alkanes) is 26. The molecule has 0 radical (unpaired) electrons. The average molecular weight is 865 g/mol. The van der Waals surface area contributed by atoms with Gasteiger partial charge < -0.3 is 31.1 Å². The summed E-state index contributed by atoms with van der Waals surface area (Å²) in [6.45, 7) is 6.77. The highest BCUT2D eigenvalue weighted by Gasteiger charge is 2.17. The van der Waals surface area contributed by atoms with Crippen LogP contribution in [0.25, 0.3) is 0 Å². The third-order valence-corrected chi connectivity index (χ3v) is 12.0. The van der Waals surface area contributed by atoms with E-state index in [0.29, 0.717) is 58.3 Å². The van der Waals surface area contributed by atoms with Crippen molar-refractivity contribution in [1.82, 2.24) is 21.3 Å². The third-order valence-electron chi connectivity index (χ3n) is 12.0. The van der Waals surface area contributed by atoms with E-state index in [1.54, 1.807) is 7.11 Å². The molecule has 10 heteroatoms. The normalized spacial score (nSPS) is 12.3. The van der Waals surface area contributed by atoms with Crippen LogP contribution in [0.4, 0.5) is 0 Å². The second kappa shape index (κ2) is 47.3. The van der Waals surface area contributed by atoms with E-state index in [0.717, 1.165) is 57.8 Å². The molecule has 0 aliphatic carbocycles. The van der Waals surface area contributed by atoms with Gasteiger partial charge in [0.15, 0.2) is 0 Å². The van der Waals surface area contributed by atoms with E-state index in [9.17, 15) is 24.3 Å². The summed E-state index contributed by atoms with van der Waals surface area (Å²) in [5.41, 5.74) is 0. The Morgan fingerprint density at radius 1 is 0.426 bits per heavy atom. The fourth-order valence-corrected chi connectivity index (χ4v) is 8.07. The minimum absolute atomic E-state index is 0.0556. The van der Waals surface area contributed by atoms with Gasteiger partial charge in [-0.25, -0.2) is 0 Å². The Morgan fingerprint density at radius 2 is 0.787 bits per heavy atom. The molecule has 61 heavy (non-hydrogen) atoms. The van der Waals surface area contributed by atoms with Crippen molar-refractivity contribution in [2.45, 2.75) is 257 Å². The number of aliphatic hydroxyl groups is 1. The van der Waals surface area contributed by atoms with Crippen LogP contribution in [-0.2, 0) is 23.9 Å². The van der Waals surface area contributed by atoms with Crippen molar-refractivity contribution in [3.63, 3.8) is 0 Å². The molecule has 0 saturated carbocycles. The van der Waals surface area contributed by atoms with Gasteiger partial charge in [0.05, 0.1) is 6.61 Å². The molecule has 4 amide bonds. The molecule has 0 heterocycles. The van der Waals surface area contributed by atoms with Crippen LogP contribution in [0.1, 0.15) is 251 Å². The molecule has 0 spiro atoms. The van der Waals surface area contributed by atoms with Gasteiger partial charge in [-0.1, -0.05) is 174 Å². The molecule has 0 aromatic rings. The second-order valence-electron chi connectivity index (χ2n) is 18.1. The topological polar surface area (TPSA) is 146 Å². The Bertz CT molecular complexity index is 998. The van der Waals surface area contributed by atoms with Crippen LogP contribution in [0.3, 0.4) is 0 Å². The Hall–Kier alpha value is -2.20. The standard InChI is InChI=1S/C51H100N4O6/c1-4-6-8-10-12-14-16-18-20-22-24-26-28-37-48(57)52-40-33-31-36-47(43-51(60)54-41-32-30-35-46(44-56)45-61-3)55-50(59)39-34-42-53-49(58)38-29-27-25-23-21-19-17-15-13-11-9-7-5-2/h46-47,56H,4-45H2,1-3H3,(H,52,57)(H,53,58)(H,54,60)(H,55,59)/t46?,47-/m0/s1. The van der Waals surface area contributed by atoms with Gasteiger partial charge in [0.25, 0.3) is 0 Å². The average Bonchev–Trinajstić information content (AvgIpc) is 3.24. The lowest BCUT2D eigenvalue weighted by Crippen LogP contribution is -2.39. The summed E-state index contributed by atoms with van der Waals surface area (Å²) in [6.07, 6.45) is 40.3. The molecule has 0 saturated heterocycles. The number of nitrogens with one attached hydrogen (secondary N) is 4. The van der Waals surface area contributed by atoms with Crippen LogP contribution in [0.15, 0.2) is 0 Å². The highest BCUT2D eigenvalue weighted by molar-refractivity contribution is 5.80. The molecule has 2 atom stereocenters. The molecule has 1 unspecified atom stereocenters. The minimum atomic E-state index is -0.292. The zero-order valence-electron chi connectivity index (χ0n) is 40.3. The maximum atomic E-state index is 12.9. The van der Waals surface area contributed by atoms with Crippen molar-refractivity contribution in [3.8, 4) is 0 Å². The Labute approximate surface area is 376 Å². The molecule has 0 bridgehead atoms. The number of carbonyl (C=O) groups is 4. The van der Waals surface area contributed by atoms with Crippen LogP contribution < -0.4 is 21.3 Å². The van der Waals surface area contributed by atoms with Crippen molar-refractivity contribution in [3.05, 3.63) is 0 Å². The van der Waals surface area contributed by atoms with Crippen molar-refractivity contribution in [1.29, 1.82) is 0 Å². The highest BCUT2D eigenvalue weighted by atomic mass is 16.5. The van der Waals surface area contributed by atoms with Gasteiger partial charge in [0, 0.05) is 71.0 Å². The van der Waals surface area contributed by atoms with Crippen LogP contribution >= 0.6 is 0 Å². The number of hydrogen-bond donors (Lipinski definition) is 5. The van der Waals surface area contributed by atoms with Crippen molar-refractivity contribution < 1.29 is 29.0 Å². The number of methoxy groups -OCH3 is 1. The van der Waals surface area contributed by atoms with E-state index in [-0.39, 0.29) is 48.6 Å². The van der Waals surface area contributed by atoms with Crippen molar-refractivity contribution in [2.24, 2.45) is 5.92 Å². The maximum absolute atomic E-state index is 12.9. The van der Waals surface area contributed by atoms with Crippen molar-refractivity contribution >= 4 is 23.6 Å². The summed E-state index contributed by atoms with van der Waals surface area (Å²) in [4.78, 5) is 50.6. The summed E-state index contributed by atoms with van der Waals surface area (Å²) in [5, 5.41) is 21.6. The Kier molecular flexibility index (Phi) is 45.6. The smallest absolute Gasteiger partial charge is 0.222 e. The van der Waals surface area contributed by atoms with E-state index in [4.69, 9.17) is 4.74 Å². The lowest BCUT2D eigenvalue weighted by molar-refractivity contribution is -0.124. The minimum Gasteiger partial charge on any atom is -0.396 e.